The van der Waals surface area contributed by atoms with E-state index >= 15 is 0 Å². The molecule has 1 aliphatic rings. The molecule has 0 amide bonds. The Bertz CT molecular complexity index is 571. The third-order valence-corrected chi connectivity index (χ3v) is 4.23. The van der Waals surface area contributed by atoms with Gasteiger partial charge in [0.2, 0.25) is 4.96 Å². The molecule has 0 radical (unpaired) electrons. The largest absolute Gasteiger partial charge is 0.481 e. The monoisotopic (exact) mass is 266 g/mol. The van der Waals surface area contributed by atoms with Crippen LogP contribution >= 0.6 is 11.3 Å². The highest BCUT2D eigenvalue weighted by Crippen LogP contribution is 2.32. The van der Waals surface area contributed by atoms with Crippen molar-refractivity contribution in [2.75, 3.05) is 0 Å². The van der Waals surface area contributed by atoms with E-state index in [9.17, 15) is 4.79 Å². The van der Waals surface area contributed by atoms with E-state index in [4.69, 9.17) is 5.11 Å². The van der Waals surface area contributed by atoms with Crippen LogP contribution in [0.25, 0.3) is 4.96 Å². The van der Waals surface area contributed by atoms with Crippen LogP contribution in [0, 0.1) is 0 Å². The summed E-state index contributed by atoms with van der Waals surface area (Å²) in [6, 6.07) is 0. The lowest BCUT2D eigenvalue weighted by atomic mass is 9.89. The van der Waals surface area contributed by atoms with E-state index in [2.05, 4.69) is 15.3 Å². The van der Waals surface area contributed by atoms with Gasteiger partial charge in [0.1, 0.15) is 5.01 Å². The Kier molecular flexibility index (Phi) is 2.99. The van der Waals surface area contributed by atoms with Gasteiger partial charge >= 0.3 is 5.97 Å². The summed E-state index contributed by atoms with van der Waals surface area (Å²) in [5.41, 5.74) is 0. The van der Waals surface area contributed by atoms with Crippen LogP contribution in [0.3, 0.4) is 0 Å². The number of carboxylic acid groups (broad SMARTS) is 1. The van der Waals surface area contributed by atoms with Crippen molar-refractivity contribution in [2.24, 2.45) is 0 Å². The smallest absolute Gasteiger partial charge is 0.310 e. The molecule has 0 spiro atoms. The lowest BCUT2D eigenvalue weighted by molar-refractivity contribution is -0.136. The first-order valence-electron chi connectivity index (χ1n) is 6.17. The fourth-order valence-corrected chi connectivity index (χ4v) is 3.32. The van der Waals surface area contributed by atoms with Crippen molar-refractivity contribution >= 4 is 22.3 Å². The van der Waals surface area contributed by atoms with Crippen molar-refractivity contribution in [2.45, 2.75) is 44.4 Å². The predicted molar refractivity (Wildman–Crippen MR) is 65.8 cm³/mol. The minimum absolute atomic E-state index is 0.0435. The van der Waals surface area contributed by atoms with Crippen molar-refractivity contribution in [3.05, 3.63) is 10.8 Å². The van der Waals surface area contributed by atoms with E-state index in [1.807, 2.05) is 0 Å². The average Bonchev–Trinajstić information content (AvgIpc) is 2.88. The Hall–Kier alpha value is -1.50. The number of rotatable bonds is 3. The number of aliphatic carboxylic acids is 1. The van der Waals surface area contributed by atoms with Gasteiger partial charge in [-0.05, 0) is 12.8 Å². The molecule has 2 heterocycles. The molecule has 0 aliphatic heterocycles. The molecule has 2 aromatic rings. The summed E-state index contributed by atoms with van der Waals surface area (Å²) in [6.07, 6.45) is 5.97. The quantitative estimate of drug-likeness (QED) is 0.917. The standard InChI is InChI=1S/C11H14N4O2S/c16-9(17)6-8-14-15-10(12-13-11(15)18-8)7-4-2-1-3-5-7/h7H,1-6H2,(H,16,17). The zero-order valence-corrected chi connectivity index (χ0v) is 10.7. The summed E-state index contributed by atoms with van der Waals surface area (Å²) < 4.78 is 1.74. The van der Waals surface area contributed by atoms with Gasteiger partial charge in [0.15, 0.2) is 5.82 Å². The Morgan fingerprint density at radius 3 is 2.83 bits per heavy atom. The molecule has 0 saturated heterocycles. The van der Waals surface area contributed by atoms with Crippen LogP contribution in [0.1, 0.15) is 48.9 Å². The average molecular weight is 266 g/mol. The van der Waals surface area contributed by atoms with Crippen molar-refractivity contribution < 1.29 is 9.90 Å². The summed E-state index contributed by atoms with van der Waals surface area (Å²) in [5.74, 6) is 0.463. The Morgan fingerprint density at radius 2 is 2.11 bits per heavy atom. The van der Waals surface area contributed by atoms with Crippen LogP contribution in [-0.2, 0) is 11.2 Å². The molecule has 0 bridgehead atoms. The number of fused-ring (bicyclic) bond motifs is 1. The minimum Gasteiger partial charge on any atom is -0.481 e. The number of carbonyl (C=O) groups is 1. The van der Waals surface area contributed by atoms with Gasteiger partial charge in [-0.1, -0.05) is 30.6 Å². The third kappa shape index (κ3) is 2.10. The molecule has 2 aromatic heterocycles. The van der Waals surface area contributed by atoms with Crippen LogP contribution in [0.15, 0.2) is 0 Å². The summed E-state index contributed by atoms with van der Waals surface area (Å²) in [7, 11) is 0. The van der Waals surface area contributed by atoms with Gasteiger partial charge in [-0.25, -0.2) is 0 Å². The number of carboxylic acids is 1. The highest BCUT2D eigenvalue weighted by molar-refractivity contribution is 7.16. The van der Waals surface area contributed by atoms with Crippen LogP contribution in [0.2, 0.25) is 0 Å². The van der Waals surface area contributed by atoms with Crippen molar-refractivity contribution in [3.63, 3.8) is 0 Å². The SMILES string of the molecule is O=C(O)Cc1nn2c(C3CCCCC3)nnc2s1. The topological polar surface area (TPSA) is 80.4 Å². The lowest BCUT2D eigenvalue weighted by Crippen LogP contribution is -2.09. The van der Waals surface area contributed by atoms with Crippen molar-refractivity contribution in [1.29, 1.82) is 0 Å². The predicted octanol–water partition coefficient (Wildman–Crippen LogP) is 1.86. The van der Waals surface area contributed by atoms with E-state index in [1.54, 1.807) is 4.52 Å². The third-order valence-electron chi connectivity index (χ3n) is 3.33. The van der Waals surface area contributed by atoms with Gasteiger partial charge in [0.25, 0.3) is 0 Å². The molecule has 6 nitrogen and oxygen atoms in total. The maximum atomic E-state index is 10.7. The molecule has 7 heteroatoms. The van der Waals surface area contributed by atoms with E-state index < -0.39 is 5.97 Å². The molecule has 18 heavy (non-hydrogen) atoms. The summed E-state index contributed by atoms with van der Waals surface area (Å²) in [5, 5.41) is 22.0. The normalized spacial score (nSPS) is 17.3. The first-order chi connectivity index (χ1) is 8.74. The summed E-state index contributed by atoms with van der Waals surface area (Å²) in [6.45, 7) is 0. The van der Waals surface area contributed by atoms with Crippen LogP contribution < -0.4 is 0 Å². The fraction of sp³-hybridized carbons (Fsp3) is 0.636. The van der Waals surface area contributed by atoms with E-state index in [-0.39, 0.29) is 6.42 Å². The molecule has 0 aromatic carbocycles. The number of hydrogen-bond acceptors (Lipinski definition) is 5. The zero-order valence-electron chi connectivity index (χ0n) is 9.87. The number of hydrogen-bond donors (Lipinski definition) is 1. The summed E-state index contributed by atoms with van der Waals surface area (Å²) >= 11 is 1.31. The Labute approximate surface area is 108 Å². The van der Waals surface area contributed by atoms with Gasteiger partial charge in [-0.2, -0.15) is 9.61 Å². The molecule has 96 valence electrons. The van der Waals surface area contributed by atoms with Crippen LogP contribution in [0.4, 0.5) is 0 Å². The lowest BCUT2D eigenvalue weighted by Gasteiger charge is -2.18. The first-order valence-corrected chi connectivity index (χ1v) is 6.98. The molecule has 3 rings (SSSR count). The second-order valence-corrected chi connectivity index (χ2v) is 5.69. The molecule has 1 N–H and O–H groups in total. The molecule has 0 unspecified atom stereocenters. The Balaban J connectivity index is 1.92. The maximum absolute atomic E-state index is 10.7. The van der Waals surface area contributed by atoms with Crippen molar-refractivity contribution in [3.8, 4) is 0 Å². The highest BCUT2D eigenvalue weighted by Gasteiger charge is 2.23. The first kappa shape index (κ1) is 11.6. The maximum Gasteiger partial charge on any atom is 0.310 e. The summed E-state index contributed by atoms with van der Waals surface area (Å²) in [4.78, 5) is 11.4. The van der Waals surface area contributed by atoms with Gasteiger partial charge < -0.3 is 5.11 Å². The fourth-order valence-electron chi connectivity index (χ4n) is 2.49. The van der Waals surface area contributed by atoms with E-state index in [0.717, 1.165) is 18.7 Å². The van der Waals surface area contributed by atoms with Gasteiger partial charge in [0.05, 0.1) is 6.42 Å². The Morgan fingerprint density at radius 1 is 1.33 bits per heavy atom. The van der Waals surface area contributed by atoms with Crippen LogP contribution in [0.5, 0.6) is 0 Å². The van der Waals surface area contributed by atoms with E-state index in [0.29, 0.717) is 15.9 Å². The van der Waals surface area contributed by atoms with Gasteiger partial charge in [-0.3, -0.25) is 4.79 Å². The van der Waals surface area contributed by atoms with Crippen molar-refractivity contribution in [1.82, 2.24) is 19.8 Å². The zero-order chi connectivity index (χ0) is 12.5. The molecule has 1 fully saturated rings. The second kappa shape index (κ2) is 4.64. The highest BCUT2D eigenvalue weighted by atomic mass is 32.1. The van der Waals surface area contributed by atoms with Gasteiger partial charge in [-0.15, -0.1) is 10.2 Å². The molecule has 0 atom stereocenters. The van der Waals surface area contributed by atoms with Gasteiger partial charge in [0, 0.05) is 5.92 Å². The molecular weight excluding hydrogens is 252 g/mol. The van der Waals surface area contributed by atoms with Crippen LogP contribution in [-0.4, -0.2) is 30.9 Å². The minimum atomic E-state index is -0.862. The second-order valence-electron chi connectivity index (χ2n) is 4.65. The molecule has 1 aliphatic carbocycles. The molecule has 1 saturated carbocycles. The van der Waals surface area contributed by atoms with E-state index in [1.165, 1.54) is 30.6 Å². The molecular formula is C11H14N4O2S. The number of nitrogens with zero attached hydrogens (tertiary/aromatic N) is 4. The number of aromatic nitrogens is 4.